The lowest BCUT2D eigenvalue weighted by Crippen LogP contribution is -2.14. The fourth-order valence-electron chi connectivity index (χ4n) is 10.3. The van der Waals surface area contributed by atoms with Gasteiger partial charge in [0.05, 0.1) is 0 Å². The van der Waals surface area contributed by atoms with Gasteiger partial charge in [-0.05, 0) is 136 Å². The molecule has 59 heavy (non-hydrogen) atoms. The number of fused-ring (bicyclic) bond motifs is 16. The van der Waals surface area contributed by atoms with Gasteiger partial charge in [0.2, 0.25) is 0 Å². The third-order valence-corrected chi connectivity index (χ3v) is 13.3. The molecule has 0 amide bonds. The van der Waals surface area contributed by atoms with Crippen molar-refractivity contribution in [1.29, 1.82) is 0 Å². The summed E-state index contributed by atoms with van der Waals surface area (Å²) in [6.07, 6.45) is 0. The van der Waals surface area contributed by atoms with Crippen LogP contribution in [-0.2, 0) is 5.41 Å². The van der Waals surface area contributed by atoms with E-state index in [-0.39, 0.29) is 5.41 Å². The molecule has 0 radical (unpaired) electrons. The van der Waals surface area contributed by atoms with E-state index in [2.05, 4.69) is 178 Å². The van der Waals surface area contributed by atoms with Crippen LogP contribution >= 0.6 is 0 Å². The molecule has 13 rings (SSSR count). The molecule has 1 aliphatic carbocycles. The van der Waals surface area contributed by atoms with Crippen LogP contribution in [-0.4, -0.2) is 0 Å². The van der Waals surface area contributed by atoms with E-state index in [1.807, 2.05) is 18.2 Å². The summed E-state index contributed by atoms with van der Waals surface area (Å²) in [4.78, 5) is 0. The Labute approximate surface area is 340 Å². The molecule has 0 unspecified atom stereocenters. The minimum absolute atomic E-state index is 0.0332. The Hall–Kier alpha value is -7.42. The number of furan rings is 2. The van der Waals surface area contributed by atoms with Gasteiger partial charge in [0.15, 0.2) is 11.2 Å². The van der Waals surface area contributed by atoms with Gasteiger partial charge in [0.25, 0.3) is 0 Å². The van der Waals surface area contributed by atoms with Crippen molar-refractivity contribution in [1.82, 2.24) is 0 Å². The monoisotopic (exact) mass is 752 g/mol. The summed E-state index contributed by atoms with van der Waals surface area (Å²) in [5, 5.41) is 12.0. The van der Waals surface area contributed by atoms with Crippen molar-refractivity contribution in [2.45, 2.75) is 19.3 Å². The van der Waals surface area contributed by atoms with Crippen LogP contribution < -0.4 is 0 Å². The fraction of sp³-hybridized carbons (Fsp3) is 0.0526. The lowest BCUT2D eigenvalue weighted by Gasteiger charge is -2.22. The zero-order valence-corrected chi connectivity index (χ0v) is 32.6. The fourth-order valence-corrected chi connectivity index (χ4v) is 10.3. The normalized spacial score (nSPS) is 13.4. The highest BCUT2D eigenvalue weighted by Gasteiger charge is 2.35. The van der Waals surface area contributed by atoms with Crippen LogP contribution in [0.15, 0.2) is 191 Å². The molecular weight excluding hydrogens is 717 g/mol. The predicted molar refractivity (Wildman–Crippen MR) is 247 cm³/mol. The van der Waals surface area contributed by atoms with E-state index in [1.165, 1.54) is 82.4 Å². The van der Waals surface area contributed by atoms with E-state index in [1.54, 1.807) is 0 Å². The minimum Gasteiger partial charge on any atom is -0.452 e. The lowest BCUT2D eigenvalue weighted by molar-refractivity contribution is 0.633. The van der Waals surface area contributed by atoms with Gasteiger partial charge in [-0.3, -0.25) is 0 Å². The topological polar surface area (TPSA) is 26.3 Å². The van der Waals surface area contributed by atoms with Crippen molar-refractivity contribution in [3.63, 3.8) is 0 Å². The molecule has 0 fully saturated rings. The zero-order chi connectivity index (χ0) is 39.0. The molecule has 0 spiro atoms. The van der Waals surface area contributed by atoms with Crippen LogP contribution in [0.2, 0.25) is 0 Å². The Morgan fingerprint density at radius 1 is 0.288 bits per heavy atom. The van der Waals surface area contributed by atoms with E-state index in [0.29, 0.717) is 0 Å². The van der Waals surface area contributed by atoms with Crippen molar-refractivity contribution in [2.75, 3.05) is 0 Å². The van der Waals surface area contributed by atoms with Crippen LogP contribution in [0.1, 0.15) is 25.0 Å². The van der Waals surface area contributed by atoms with E-state index in [4.69, 9.17) is 8.83 Å². The summed E-state index contributed by atoms with van der Waals surface area (Å²) in [5.74, 6) is 0. The highest BCUT2D eigenvalue weighted by molar-refractivity contribution is 6.26. The first-order valence-electron chi connectivity index (χ1n) is 20.5. The van der Waals surface area contributed by atoms with E-state index < -0.39 is 0 Å². The van der Waals surface area contributed by atoms with Crippen molar-refractivity contribution < 1.29 is 8.83 Å². The van der Waals surface area contributed by atoms with Gasteiger partial charge in [0.1, 0.15) is 11.2 Å². The van der Waals surface area contributed by atoms with Crippen LogP contribution in [0.4, 0.5) is 0 Å². The maximum Gasteiger partial charge on any atom is 0.178 e. The molecule has 0 saturated carbocycles. The second-order valence-electron chi connectivity index (χ2n) is 16.8. The SMILES string of the molecule is CC1(C)c2ccccc2-c2ccc(-c3ccc4c5ccc(-c6ccc(-c7ccc8oc9c(ccc%10c%11ccccc%11oc%109)c8c7)cc6)cc5c5ccccc5c4c3)cc21. The second-order valence-corrected chi connectivity index (χ2v) is 16.8. The predicted octanol–water partition coefficient (Wildman–Crippen LogP) is 16.3. The third-order valence-electron chi connectivity index (χ3n) is 13.3. The van der Waals surface area contributed by atoms with Crippen LogP contribution in [0.3, 0.4) is 0 Å². The zero-order valence-electron chi connectivity index (χ0n) is 32.6. The van der Waals surface area contributed by atoms with Crippen LogP contribution in [0.5, 0.6) is 0 Å². The summed E-state index contributed by atoms with van der Waals surface area (Å²) in [5.41, 5.74) is 16.1. The summed E-state index contributed by atoms with van der Waals surface area (Å²) in [6, 6.07) is 66.8. The molecule has 2 heteroatoms. The molecule has 2 aromatic heterocycles. The second kappa shape index (κ2) is 11.8. The molecular formula is C57H36O2. The number of hydrogen-bond acceptors (Lipinski definition) is 2. The van der Waals surface area contributed by atoms with E-state index in [0.717, 1.165) is 49.4 Å². The standard InChI is InChI=1S/C57H36O2/c1-57(2)51-13-7-5-11-43(51)44-25-21-38(32-52(44)57)37-20-24-42-41-23-19-35(29-48(41)39-9-3-4-10-40(39)49(42)30-37)33-15-17-34(18-16-33)36-22-28-54-50(31-36)47-27-26-46-45-12-6-8-14-53(45)58-55(46)56(47)59-54/h3-32H,1-2H3. The van der Waals surface area contributed by atoms with Gasteiger partial charge in [-0.2, -0.15) is 0 Å². The lowest BCUT2D eigenvalue weighted by atomic mass is 9.81. The molecule has 12 aromatic rings. The van der Waals surface area contributed by atoms with Crippen molar-refractivity contribution in [3.05, 3.63) is 193 Å². The van der Waals surface area contributed by atoms with Gasteiger partial charge < -0.3 is 8.83 Å². The minimum atomic E-state index is -0.0332. The van der Waals surface area contributed by atoms with Crippen LogP contribution in [0, 0.1) is 0 Å². The third kappa shape index (κ3) is 4.63. The molecule has 0 atom stereocenters. The Morgan fingerprint density at radius 3 is 1.39 bits per heavy atom. The average Bonchev–Trinajstić information content (AvgIpc) is 3.93. The number of rotatable bonds is 3. The quantitative estimate of drug-likeness (QED) is 0.168. The summed E-state index contributed by atoms with van der Waals surface area (Å²) in [6.45, 7) is 4.71. The smallest absolute Gasteiger partial charge is 0.178 e. The van der Waals surface area contributed by atoms with Gasteiger partial charge in [-0.25, -0.2) is 0 Å². The average molecular weight is 753 g/mol. The van der Waals surface area contributed by atoms with E-state index in [9.17, 15) is 0 Å². The van der Waals surface area contributed by atoms with Crippen LogP contribution in [0.25, 0.3) is 121 Å². The Morgan fingerprint density at radius 2 is 0.712 bits per heavy atom. The first-order valence-corrected chi connectivity index (χ1v) is 20.5. The van der Waals surface area contributed by atoms with Gasteiger partial charge >= 0.3 is 0 Å². The maximum atomic E-state index is 6.42. The number of benzene rings is 10. The molecule has 2 nitrogen and oxygen atoms in total. The Kier molecular flexibility index (Phi) is 6.54. The summed E-state index contributed by atoms with van der Waals surface area (Å²) < 4.78 is 12.7. The molecule has 0 bridgehead atoms. The number of hydrogen-bond donors (Lipinski definition) is 0. The largest absolute Gasteiger partial charge is 0.452 e. The number of para-hydroxylation sites is 1. The Balaban J connectivity index is 0.869. The van der Waals surface area contributed by atoms with Gasteiger partial charge in [0, 0.05) is 27.0 Å². The highest BCUT2D eigenvalue weighted by Crippen LogP contribution is 2.50. The van der Waals surface area contributed by atoms with Gasteiger partial charge in [-0.1, -0.05) is 147 Å². The first kappa shape index (κ1) is 32.6. The van der Waals surface area contributed by atoms with Crippen molar-refractivity contribution in [2.24, 2.45) is 0 Å². The van der Waals surface area contributed by atoms with Crippen molar-refractivity contribution >= 4 is 76.2 Å². The highest BCUT2D eigenvalue weighted by atomic mass is 16.4. The van der Waals surface area contributed by atoms with Gasteiger partial charge in [-0.15, -0.1) is 0 Å². The first-order chi connectivity index (χ1) is 29.0. The summed E-state index contributed by atoms with van der Waals surface area (Å²) >= 11 is 0. The van der Waals surface area contributed by atoms with Crippen molar-refractivity contribution in [3.8, 4) is 44.5 Å². The molecule has 0 N–H and O–H groups in total. The molecule has 0 saturated heterocycles. The maximum absolute atomic E-state index is 6.42. The summed E-state index contributed by atoms with van der Waals surface area (Å²) in [7, 11) is 0. The molecule has 1 aliphatic rings. The molecule has 276 valence electrons. The molecule has 2 heterocycles. The molecule has 10 aromatic carbocycles. The molecule has 0 aliphatic heterocycles. The van der Waals surface area contributed by atoms with E-state index >= 15 is 0 Å². The Bertz CT molecular complexity index is 3720.